The summed E-state index contributed by atoms with van der Waals surface area (Å²) in [4.78, 5) is 51.2. The van der Waals surface area contributed by atoms with Crippen molar-refractivity contribution in [3.05, 3.63) is 29.6 Å². The zero-order valence-corrected chi connectivity index (χ0v) is 15.9. The van der Waals surface area contributed by atoms with E-state index in [0.29, 0.717) is 26.3 Å². The zero-order valence-electron chi connectivity index (χ0n) is 15.9. The van der Waals surface area contributed by atoms with Crippen molar-refractivity contribution in [3.63, 3.8) is 0 Å². The molecule has 11 nitrogen and oxygen atoms in total. The number of methoxy groups -OCH3 is 2. The maximum atomic E-state index is 12.1. The molecular formula is C17H25N5O6. The van der Waals surface area contributed by atoms with E-state index in [-0.39, 0.29) is 36.3 Å². The summed E-state index contributed by atoms with van der Waals surface area (Å²) in [5, 5.41) is 9.93. The van der Waals surface area contributed by atoms with Crippen molar-refractivity contribution in [3.8, 4) is 0 Å². The Morgan fingerprint density at radius 3 is 1.61 bits per heavy atom. The van der Waals surface area contributed by atoms with Gasteiger partial charge in [0.15, 0.2) is 0 Å². The lowest BCUT2D eigenvalue weighted by Gasteiger charge is -2.08. The zero-order chi connectivity index (χ0) is 20.8. The lowest BCUT2D eigenvalue weighted by molar-refractivity contribution is -0.121. The number of ether oxygens (including phenoxy) is 2. The summed E-state index contributed by atoms with van der Waals surface area (Å²) in [7, 11) is 3.02. The van der Waals surface area contributed by atoms with Crippen molar-refractivity contribution < 1.29 is 28.7 Å². The van der Waals surface area contributed by atoms with Crippen LogP contribution in [0, 0.1) is 0 Å². The summed E-state index contributed by atoms with van der Waals surface area (Å²) in [6.07, 6.45) is 0. The highest BCUT2D eigenvalue weighted by Gasteiger charge is 2.14. The molecule has 1 rings (SSSR count). The SMILES string of the molecule is COCCNC(=O)CNC(=O)c1cccc(C(=O)NCC(=O)NCCOC)n1. The second kappa shape index (κ2) is 13.2. The molecular weight excluding hydrogens is 370 g/mol. The number of nitrogens with zero attached hydrogens (tertiary/aromatic N) is 1. The molecule has 0 aliphatic carbocycles. The molecule has 4 amide bonds. The van der Waals surface area contributed by atoms with Gasteiger partial charge in [-0.1, -0.05) is 6.07 Å². The van der Waals surface area contributed by atoms with Crippen LogP contribution in [-0.2, 0) is 19.1 Å². The van der Waals surface area contributed by atoms with Gasteiger partial charge in [-0.15, -0.1) is 0 Å². The standard InChI is InChI=1S/C17H25N5O6/c1-27-8-6-18-14(23)10-20-16(25)12-4-3-5-13(22-12)17(26)21-11-15(24)19-7-9-28-2/h3-5H,6-11H2,1-2H3,(H,18,23)(H,19,24)(H,20,25)(H,21,26). The largest absolute Gasteiger partial charge is 0.383 e. The van der Waals surface area contributed by atoms with E-state index >= 15 is 0 Å². The predicted octanol–water partition coefficient (Wildman–Crippen LogP) is -1.93. The number of pyridine rings is 1. The average molecular weight is 395 g/mol. The first-order valence-corrected chi connectivity index (χ1v) is 8.52. The second-order valence-electron chi connectivity index (χ2n) is 5.46. The number of rotatable bonds is 12. The molecule has 0 saturated carbocycles. The minimum atomic E-state index is -0.603. The fraction of sp³-hybridized carbons (Fsp3) is 0.471. The minimum Gasteiger partial charge on any atom is -0.383 e. The third-order valence-electron chi connectivity index (χ3n) is 3.29. The Labute approximate surface area is 162 Å². The highest BCUT2D eigenvalue weighted by molar-refractivity contribution is 5.98. The van der Waals surface area contributed by atoms with Gasteiger partial charge in [-0.2, -0.15) is 0 Å². The van der Waals surface area contributed by atoms with Crippen molar-refractivity contribution in [1.82, 2.24) is 26.3 Å². The third-order valence-corrected chi connectivity index (χ3v) is 3.29. The molecule has 0 radical (unpaired) electrons. The molecule has 28 heavy (non-hydrogen) atoms. The molecule has 0 aliphatic heterocycles. The quantitative estimate of drug-likeness (QED) is 0.301. The fourth-order valence-electron chi connectivity index (χ4n) is 1.90. The Hall–Kier alpha value is -3.05. The van der Waals surface area contributed by atoms with E-state index in [1.54, 1.807) is 0 Å². The van der Waals surface area contributed by atoms with Crippen LogP contribution in [-0.4, -0.2) is 82.2 Å². The molecule has 0 aromatic carbocycles. The van der Waals surface area contributed by atoms with Crippen molar-refractivity contribution in [2.24, 2.45) is 0 Å². The molecule has 0 fully saturated rings. The lowest BCUT2D eigenvalue weighted by atomic mass is 10.2. The lowest BCUT2D eigenvalue weighted by Crippen LogP contribution is -2.39. The number of nitrogens with one attached hydrogen (secondary N) is 4. The molecule has 1 aromatic heterocycles. The van der Waals surface area contributed by atoms with Gasteiger partial charge < -0.3 is 30.7 Å². The van der Waals surface area contributed by atoms with E-state index in [2.05, 4.69) is 26.3 Å². The van der Waals surface area contributed by atoms with Crippen molar-refractivity contribution in [2.45, 2.75) is 0 Å². The van der Waals surface area contributed by atoms with Crippen LogP contribution >= 0.6 is 0 Å². The molecule has 0 atom stereocenters. The predicted molar refractivity (Wildman–Crippen MR) is 98.7 cm³/mol. The van der Waals surface area contributed by atoms with Crippen LogP contribution in [0.2, 0.25) is 0 Å². The van der Waals surface area contributed by atoms with Gasteiger partial charge in [0.25, 0.3) is 11.8 Å². The van der Waals surface area contributed by atoms with Crippen LogP contribution in [0.5, 0.6) is 0 Å². The average Bonchev–Trinajstić information content (AvgIpc) is 2.70. The molecule has 1 aromatic rings. The normalized spacial score (nSPS) is 10.1. The molecule has 0 spiro atoms. The first-order valence-electron chi connectivity index (χ1n) is 8.52. The third kappa shape index (κ3) is 9.05. The molecule has 1 heterocycles. The van der Waals surface area contributed by atoms with E-state index in [4.69, 9.17) is 9.47 Å². The van der Waals surface area contributed by atoms with Gasteiger partial charge in [-0.25, -0.2) is 4.98 Å². The van der Waals surface area contributed by atoms with Gasteiger partial charge in [0.05, 0.1) is 26.3 Å². The topological polar surface area (TPSA) is 148 Å². The highest BCUT2D eigenvalue weighted by Crippen LogP contribution is 2.00. The Kier molecular flexibility index (Phi) is 10.8. The first-order chi connectivity index (χ1) is 13.5. The summed E-state index contributed by atoms with van der Waals surface area (Å²) < 4.78 is 9.60. The van der Waals surface area contributed by atoms with Gasteiger partial charge in [0, 0.05) is 27.3 Å². The van der Waals surface area contributed by atoms with Gasteiger partial charge in [0.2, 0.25) is 11.8 Å². The maximum Gasteiger partial charge on any atom is 0.270 e. The summed E-state index contributed by atoms with van der Waals surface area (Å²) >= 11 is 0. The second-order valence-corrected chi connectivity index (χ2v) is 5.46. The van der Waals surface area contributed by atoms with Crippen LogP contribution in [0.3, 0.4) is 0 Å². The molecule has 0 unspecified atom stereocenters. The highest BCUT2D eigenvalue weighted by atomic mass is 16.5. The molecule has 11 heteroatoms. The Balaban J connectivity index is 2.49. The number of amides is 4. The number of carbonyl (C=O) groups is 4. The van der Waals surface area contributed by atoms with E-state index in [9.17, 15) is 19.2 Å². The first kappa shape index (κ1) is 23.0. The monoisotopic (exact) mass is 395 g/mol. The minimum absolute atomic E-state index is 0.0260. The number of hydrogen-bond acceptors (Lipinski definition) is 7. The smallest absolute Gasteiger partial charge is 0.270 e. The van der Waals surface area contributed by atoms with E-state index < -0.39 is 11.8 Å². The Morgan fingerprint density at radius 1 is 0.786 bits per heavy atom. The summed E-state index contributed by atoms with van der Waals surface area (Å²) in [6.45, 7) is 0.923. The van der Waals surface area contributed by atoms with Crippen LogP contribution in [0.25, 0.3) is 0 Å². The Morgan fingerprint density at radius 2 is 1.21 bits per heavy atom. The van der Waals surface area contributed by atoms with Gasteiger partial charge in [-0.3, -0.25) is 19.2 Å². The Bertz CT molecular complexity index is 629. The van der Waals surface area contributed by atoms with Crippen LogP contribution < -0.4 is 21.3 Å². The number of hydrogen-bond donors (Lipinski definition) is 4. The van der Waals surface area contributed by atoms with Crippen LogP contribution in [0.15, 0.2) is 18.2 Å². The fourth-order valence-corrected chi connectivity index (χ4v) is 1.90. The van der Waals surface area contributed by atoms with Gasteiger partial charge in [-0.05, 0) is 12.1 Å². The van der Waals surface area contributed by atoms with E-state index in [1.807, 2.05) is 0 Å². The molecule has 0 saturated heterocycles. The van der Waals surface area contributed by atoms with Crippen LogP contribution in [0.4, 0.5) is 0 Å². The van der Waals surface area contributed by atoms with E-state index in [0.717, 1.165) is 0 Å². The van der Waals surface area contributed by atoms with Crippen molar-refractivity contribution in [2.75, 3.05) is 53.6 Å². The summed E-state index contributed by atoms with van der Waals surface area (Å²) in [5.41, 5.74) is -0.0521. The maximum absolute atomic E-state index is 12.1. The van der Waals surface area contributed by atoms with Gasteiger partial charge >= 0.3 is 0 Å². The number of carbonyl (C=O) groups excluding carboxylic acids is 4. The molecule has 154 valence electrons. The summed E-state index contributed by atoms with van der Waals surface area (Å²) in [6, 6.07) is 4.30. The van der Waals surface area contributed by atoms with Crippen molar-refractivity contribution in [1.29, 1.82) is 0 Å². The molecule has 4 N–H and O–H groups in total. The van der Waals surface area contributed by atoms with Crippen LogP contribution in [0.1, 0.15) is 21.0 Å². The number of aromatic nitrogens is 1. The molecule has 0 aliphatic rings. The van der Waals surface area contributed by atoms with Crippen molar-refractivity contribution >= 4 is 23.6 Å². The van der Waals surface area contributed by atoms with E-state index in [1.165, 1.54) is 32.4 Å². The van der Waals surface area contributed by atoms with Gasteiger partial charge in [0.1, 0.15) is 11.4 Å². The molecule has 0 bridgehead atoms. The summed E-state index contributed by atoms with van der Waals surface area (Å²) in [5.74, 6) is -1.96.